The fourth-order valence-corrected chi connectivity index (χ4v) is 3.79. The molecule has 2 aromatic carbocycles. The van der Waals surface area contributed by atoms with Crippen molar-refractivity contribution < 1.29 is 0 Å². The first-order valence-corrected chi connectivity index (χ1v) is 9.12. The maximum Gasteiger partial charge on any atom is 0.230 e. The molecule has 0 saturated carbocycles. The fraction of sp³-hybridized carbons (Fsp3) is 0.190. The quantitative estimate of drug-likeness (QED) is 0.599. The van der Waals surface area contributed by atoms with Crippen molar-refractivity contribution in [2.75, 3.05) is 11.9 Å². The smallest absolute Gasteiger partial charge is 0.230 e. The van der Waals surface area contributed by atoms with Crippen LogP contribution in [-0.4, -0.2) is 17.0 Å². The van der Waals surface area contributed by atoms with Gasteiger partial charge in [-0.05, 0) is 56.2 Å². The van der Waals surface area contributed by atoms with E-state index in [1.54, 1.807) is 24.0 Å². The topological polar surface area (TPSA) is 52.8 Å². The summed E-state index contributed by atoms with van der Waals surface area (Å²) >= 11 is 1.65. The van der Waals surface area contributed by atoms with E-state index < -0.39 is 0 Å². The van der Waals surface area contributed by atoms with Crippen molar-refractivity contribution >= 4 is 23.4 Å². The van der Waals surface area contributed by atoms with Crippen molar-refractivity contribution in [2.45, 2.75) is 30.7 Å². The van der Waals surface area contributed by atoms with E-state index in [1.807, 2.05) is 36.2 Å². The van der Waals surface area contributed by atoms with E-state index >= 15 is 0 Å². The Morgan fingerprint density at radius 2 is 1.77 bits per heavy atom. The molecule has 26 heavy (non-hydrogen) atoms. The third-order valence-corrected chi connectivity index (χ3v) is 5.38. The summed E-state index contributed by atoms with van der Waals surface area (Å²) in [4.78, 5) is 12.2. The normalized spacial score (nSPS) is 10.4. The van der Waals surface area contributed by atoms with Gasteiger partial charge >= 0.3 is 0 Å². The zero-order valence-electron chi connectivity index (χ0n) is 15.3. The standard InChI is InChI=1S/C21H20N4S/c1-14-10-15(2)20(16(3)11-14)26-19-8-9-23-21(24-19)25(4)18-7-5-6-17(12-18)13-22/h5-12H,1-4H3. The van der Waals surface area contributed by atoms with Gasteiger partial charge in [0.25, 0.3) is 0 Å². The van der Waals surface area contributed by atoms with Crippen molar-refractivity contribution in [1.82, 2.24) is 9.97 Å². The Labute approximate surface area is 158 Å². The molecular formula is C21H20N4S. The Kier molecular flexibility index (Phi) is 5.24. The Bertz CT molecular complexity index is 968. The lowest BCUT2D eigenvalue weighted by atomic mass is 10.1. The first-order valence-electron chi connectivity index (χ1n) is 8.30. The molecule has 5 heteroatoms. The van der Waals surface area contributed by atoms with E-state index in [2.05, 4.69) is 44.0 Å². The second-order valence-electron chi connectivity index (χ2n) is 6.25. The van der Waals surface area contributed by atoms with Crippen LogP contribution in [0.5, 0.6) is 0 Å². The molecule has 0 saturated heterocycles. The summed E-state index contributed by atoms with van der Waals surface area (Å²) in [5.41, 5.74) is 5.27. The molecule has 0 amide bonds. The molecule has 0 aliphatic rings. The molecule has 3 aromatic rings. The van der Waals surface area contributed by atoms with E-state index in [0.29, 0.717) is 11.5 Å². The van der Waals surface area contributed by atoms with Crippen molar-refractivity contribution in [3.05, 3.63) is 70.9 Å². The van der Waals surface area contributed by atoms with Crippen LogP contribution < -0.4 is 4.90 Å². The number of benzene rings is 2. The predicted molar refractivity (Wildman–Crippen MR) is 106 cm³/mol. The molecule has 3 rings (SSSR count). The predicted octanol–water partition coefficient (Wildman–Crippen LogP) is 5.19. The third kappa shape index (κ3) is 3.87. The van der Waals surface area contributed by atoms with Gasteiger partial charge in [-0.2, -0.15) is 5.26 Å². The molecule has 0 fully saturated rings. The third-order valence-electron chi connectivity index (χ3n) is 4.09. The van der Waals surface area contributed by atoms with Gasteiger partial charge < -0.3 is 4.90 Å². The lowest BCUT2D eigenvalue weighted by Gasteiger charge is -2.18. The van der Waals surface area contributed by atoms with E-state index in [-0.39, 0.29) is 0 Å². The number of aromatic nitrogens is 2. The lowest BCUT2D eigenvalue weighted by Crippen LogP contribution is -2.13. The number of aryl methyl sites for hydroxylation is 3. The minimum atomic E-state index is 0.604. The van der Waals surface area contributed by atoms with Crippen LogP contribution in [0.4, 0.5) is 11.6 Å². The van der Waals surface area contributed by atoms with Gasteiger partial charge in [0.05, 0.1) is 11.6 Å². The van der Waals surface area contributed by atoms with E-state index in [0.717, 1.165) is 10.7 Å². The molecule has 0 atom stereocenters. The molecule has 0 radical (unpaired) electrons. The number of anilines is 2. The summed E-state index contributed by atoms with van der Waals surface area (Å²) in [7, 11) is 1.91. The summed E-state index contributed by atoms with van der Waals surface area (Å²) in [6.45, 7) is 6.37. The first kappa shape index (κ1) is 18.0. The van der Waals surface area contributed by atoms with Gasteiger partial charge in [0, 0.05) is 23.8 Å². The molecule has 0 bridgehead atoms. The molecule has 0 N–H and O–H groups in total. The molecule has 0 spiro atoms. The van der Waals surface area contributed by atoms with E-state index in [9.17, 15) is 0 Å². The number of nitrogens with zero attached hydrogens (tertiary/aromatic N) is 4. The number of rotatable bonds is 4. The summed E-state index contributed by atoms with van der Waals surface area (Å²) in [5.74, 6) is 0.604. The highest BCUT2D eigenvalue weighted by molar-refractivity contribution is 7.99. The highest BCUT2D eigenvalue weighted by Crippen LogP contribution is 2.33. The maximum atomic E-state index is 9.09. The summed E-state index contributed by atoms with van der Waals surface area (Å²) in [5, 5.41) is 9.99. The summed E-state index contributed by atoms with van der Waals surface area (Å²) in [6.07, 6.45) is 1.77. The molecule has 130 valence electrons. The fourth-order valence-electron chi connectivity index (χ4n) is 2.88. The summed E-state index contributed by atoms with van der Waals surface area (Å²) < 4.78 is 0. The van der Waals surface area contributed by atoms with Gasteiger partial charge in [-0.25, -0.2) is 9.97 Å². The SMILES string of the molecule is Cc1cc(C)c(Sc2ccnc(N(C)c3cccc(C#N)c3)n2)c(C)c1. The Morgan fingerprint density at radius 1 is 1.04 bits per heavy atom. The monoisotopic (exact) mass is 360 g/mol. The highest BCUT2D eigenvalue weighted by Gasteiger charge is 2.11. The van der Waals surface area contributed by atoms with Crippen LogP contribution in [-0.2, 0) is 0 Å². The summed E-state index contributed by atoms with van der Waals surface area (Å²) in [6, 6.07) is 15.9. The minimum absolute atomic E-state index is 0.604. The van der Waals surface area contributed by atoms with Crippen LogP contribution in [0.1, 0.15) is 22.3 Å². The van der Waals surface area contributed by atoms with Crippen LogP contribution in [0.2, 0.25) is 0 Å². The first-order chi connectivity index (χ1) is 12.5. The van der Waals surface area contributed by atoms with Gasteiger partial charge in [-0.1, -0.05) is 35.5 Å². The molecular weight excluding hydrogens is 340 g/mol. The van der Waals surface area contributed by atoms with Crippen LogP contribution in [0.3, 0.4) is 0 Å². The average molecular weight is 360 g/mol. The Hall–Kier alpha value is -2.84. The van der Waals surface area contributed by atoms with Crippen molar-refractivity contribution in [2.24, 2.45) is 0 Å². The lowest BCUT2D eigenvalue weighted by molar-refractivity contribution is 0.978. The largest absolute Gasteiger partial charge is 0.314 e. The van der Waals surface area contributed by atoms with Gasteiger partial charge in [0.1, 0.15) is 5.03 Å². The van der Waals surface area contributed by atoms with Gasteiger partial charge in [-0.15, -0.1) is 0 Å². The molecule has 1 aromatic heterocycles. The molecule has 1 heterocycles. The second-order valence-corrected chi connectivity index (χ2v) is 7.28. The Balaban J connectivity index is 1.90. The van der Waals surface area contributed by atoms with Crippen molar-refractivity contribution in [1.29, 1.82) is 5.26 Å². The van der Waals surface area contributed by atoms with E-state index in [1.165, 1.54) is 21.6 Å². The van der Waals surface area contributed by atoms with E-state index in [4.69, 9.17) is 10.2 Å². The van der Waals surface area contributed by atoms with Crippen molar-refractivity contribution in [3.63, 3.8) is 0 Å². The molecule has 0 unspecified atom stereocenters. The maximum absolute atomic E-state index is 9.09. The van der Waals surface area contributed by atoms with Crippen LogP contribution >= 0.6 is 11.8 Å². The van der Waals surface area contributed by atoms with Gasteiger partial charge in [0.15, 0.2) is 0 Å². The van der Waals surface area contributed by atoms with Gasteiger partial charge in [0.2, 0.25) is 5.95 Å². The van der Waals surface area contributed by atoms with Crippen LogP contribution in [0, 0.1) is 32.1 Å². The van der Waals surface area contributed by atoms with Crippen LogP contribution in [0.15, 0.2) is 58.6 Å². The average Bonchev–Trinajstić information content (AvgIpc) is 2.64. The zero-order chi connectivity index (χ0) is 18.7. The number of hydrogen-bond donors (Lipinski definition) is 0. The van der Waals surface area contributed by atoms with Crippen LogP contribution in [0.25, 0.3) is 0 Å². The highest BCUT2D eigenvalue weighted by atomic mass is 32.2. The number of hydrogen-bond acceptors (Lipinski definition) is 5. The zero-order valence-corrected chi connectivity index (χ0v) is 16.1. The molecule has 4 nitrogen and oxygen atoms in total. The Morgan fingerprint density at radius 3 is 2.46 bits per heavy atom. The minimum Gasteiger partial charge on any atom is -0.314 e. The second kappa shape index (κ2) is 7.59. The van der Waals surface area contributed by atoms with Crippen molar-refractivity contribution in [3.8, 4) is 6.07 Å². The van der Waals surface area contributed by atoms with Gasteiger partial charge in [-0.3, -0.25) is 0 Å². The number of nitriles is 1. The molecule has 0 aliphatic carbocycles. The molecule has 0 aliphatic heterocycles.